The predicted octanol–water partition coefficient (Wildman–Crippen LogP) is 1.99. The Morgan fingerprint density at radius 1 is 1.24 bits per heavy atom. The lowest BCUT2D eigenvalue weighted by atomic mass is 10.2. The van der Waals surface area contributed by atoms with Gasteiger partial charge in [0.25, 0.3) is 0 Å². The van der Waals surface area contributed by atoms with Gasteiger partial charge in [0.15, 0.2) is 0 Å². The molecule has 0 aromatic carbocycles. The third-order valence-electron chi connectivity index (χ3n) is 3.20. The molecule has 1 aliphatic rings. The highest BCUT2D eigenvalue weighted by Crippen LogP contribution is 2.28. The summed E-state index contributed by atoms with van der Waals surface area (Å²) < 4.78 is 67.7. The van der Waals surface area contributed by atoms with Crippen molar-refractivity contribution >= 4 is 10.0 Å². The van der Waals surface area contributed by atoms with Crippen LogP contribution in [0.3, 0.4) is 0 Å². The molecule has 0 radical (unpaired) electrons. The van der Waals surface area contributed by atoms with Gasteiger partial charge in [0.1, 0.15) is 23.0 Å². The zero-order valence-corrected chi connectivity index (χ0v) is 12.5. The van der Waals surface area contributed by atoms with Crippen molar-refractivity contribution in [3.05, 3.63) is 17.1 Å². The summed E-state index contributed by atoms with van der Waals surface area (Å²) in [5.74, 6) is 0.489. The van der Waals surface area contributed by atoms with E-state index in [4.69, 9.17) is 4.42 Å². The first kappa shape index (κ1) is 16.3. The third-order valence-corrected chi connectivity index (χ3v) is 4.80. The second-order valence-electron chi connectivity index (χ2n) is 5.12. The lowest BCUT2D eigenvalue weighted by molar-refractivity contribution is -0.121. The molecule has 0 bridgehead atoms. The van der Waals surface area contributed by atoms with E-state index in [2.05, 4.69) is 5.32 Å². The third kappa shape index (κ3) is 4.21. The highest BCUT2D eigenvalue weighted by atomic mass is 32.2. The second kappa shape index (κ2) is 5.62. The number of hydrogen-bond donors (Lipinski definition) is 2. The maximum Gasteiger partial charge on any atom is 0.402 e. The SMILES string of the molecule is Cc1oc(C)c(S(=O)(=O)NCC(F)(F)F)c1CNC1CC1. The molecule has 0 saturated heterocycles. The summed E-state index contributed by atoms with van der Waals surface area (Å²) in [7, 11) is -4.27. The second-order valence-corrected chi connectivity index (χ2v) is 6.82. The molecule has 0 atom stereocenters. The van der Waals surface area contributed by atoms with Crippen LogP contribution in [0.5, 0.6) is 0 Å². The molecule has 5 nitrogen and oxygen atoms in total. The van der Waals surface area contributed by atoms with Crippen molar-refractivity contribution in [2.24, 2.45) is 0 Å². The molecule has 9 heteroatoms. The molecule has 1 heterocycles. The molecule has 120 valence electrons. The van der Waals surface area contributed by atoms with E-state index in [0.717, 1.165) is 12.8 Å². The lowest BCUT2D eigenvalue weighted by Crippen LogP contribution is -2.34. The molecule has 1 aromatic heterocycles. The van der Waals surface area contributed by atoms with Gasteiger partial charge in [-0.25, -0.2) is 13.1 Å². The molecule has 1 aromatic rings. The van der Waals surface area contributed by atoms with Crippen molar-refractivity contribution in [3.8, 4) is 0 Å². The molecular weight excluding hydrogens is 309 g/mol. The fourth-order valence-corrected chi connectivity index (χ4v) is 3.51. The Balaban J connectivity index is 2.23. The van der Waals surface area contributed by atoms with Crippen LogP contribution in [0.25, 0.3) is 0 Å². The highest BCUT2D eigenvalue weighted by molar-refractivity contribution is 7.89. The normalized spacial score (nSPS) is 16.4. The van der Waals surface area contributed by atoms with Crippen molar-refractivity contribution in [1.29, 1.82) is 0 Å². The minimum Gasteiger partial charge on any atom is -0.465 e. The average molecular weight is 326 g/mol. The van der Waals surface area contributed by atoms with Crippen LogP contribution in [-0.4, -0.2) is 27.2 Å². The molecule has 0 aliphatic heterocycles. The molecule has 1 fully saturated rings. The predicted molar refractivity (Wildman–Crippen MR) is 69.3 cm³/mol. The Morgan fingerprint density at radius 2 is 1.86 bits per heavy atom. The molecule has 21 heavy (non-hydrogen) atoms. The number of sulfonamides is 1. The highest BCUT2D eigenvalue weighted by Gasteiger charge is 2.33. The fraction of sp³-hybridized carbons (Fsp3) is 0.667. The summed E-state index contributed by atoms with van der Waals surface area (Å²) in [6.45, 7) is 1.68. The van der Waals surface area contributed by atoms with Gasteiger partial charge in [-0.1, -0.05) is 0 Å². The molecule has 1 saturated carbocycles. The summed E-state index contributed by atoms with van der Waals surface area (Å²) in [5, 5.41) is 3.14. The Kier molecular flexibility index (Phi) is 4.36. The number of halogens is 3. The van der Waals surface area contributed by atoms with Crippen LogP contribution in [0.15, 0.2) is 9.31 Å². The Morgan fingerprint density at radius 3 is 2.38 bits per heavy atom. The van der Waals surface area contributed by atoms with Crippen LogP contribution in [0.1, 0.15) is 29.9 Å². The maximum atomic E-state index is 12.2. The van der Waals surface area contributed by atoms with Gasteiger partial charge in [-0.3, -0.25) is 0 Å². The molecule has 1 aliphatic carbocycles. The Bertz CT molecular complexity index is 618. The van der Waals surface area contributed by atoms with E-state index in [9.17, 15) is 21.6 Å². The fourth-order valence-electron chi connectivity index (χ4n) is 2.05. The van der Waals surface area contributed by atoms with Gasteiger partial charge in [-0.15, -0.1) is 0 Å². The number of hydrogen-bond acceptors (Lipinski definition) is 4. The van der Waals surface area contributed by atoms with Crippen LogP contribution in [0.2, 0.25) is 0 Å². The van der Waals surface area contributed by atoms with Gasteiger partial charge in [0.2, 0.25) is 10.0 Å². The van der Waals surface area contributed by atoms with E-state index in [1.54, 1.807) is 11.6 Å². The van der Waals surface area contributed by atoms with Crippen LogP contribution in [0, 0.1) is 13.8 Å². The average Bonchev–Trinajstić information content (AvgIpc) is 3.10. The van der Waals surface area contributed by atoms with Gasteiger partial charge < -0.3 is 9.73 Å². The summed E-state index contributed by atoms with van der Waals surface area (Å²) in [5.41, 5.74) is 0.383. The summed E-state index contributed by atoms with van der Waals surface area (Å²) in [6.07, 6.45) is -2.57. The van der Waals surface area contributed by atoms with E-state index < -0.39 is 22.7 Å². The first-order valence-electron chi connectivity index (χ1n) is 6.49. The molecule has 0 unspecified atom stereocenters. The zero-order valence-electron chi connectivity index (χ0n) is 11.7. The maximum absolute atomic E-state index is 12.2. The van der Waals surface area contributed by atoms with E-state index in [1.165, 1.54) is 6.92 Å². The number of aryl methyl sites for hydroxylation is 2. The van der Waals surface area contributed by atoms with Crippen LogP contribution in [0.4, 0.5) is 13.2 Å². The topological polar surface area (TPSA) is 71.3 Å². The summed E-state index contributed by atoms with van der Waals surface area (Å²) >= 11 is 0. The van der Waals surface area contributed by atoms with Crippen molar-refractivity contribution < 1.29 is 26.0 Å². The van der Waals surface area contributed by atoms with Crippen molar-refractivity contribution in [2.75, 3.05) is 6.54 Å². The molecule has 0 amide bonds. The van der Waals surface area contributed by atoms with Gasteiger partial charge in [0, 0.05) is 18.2 Å². The van der Waals surface area contributed by atoms with Crippen molar-refractivity contribution in [1.82, 2.24) is 10.0 Å². The number of nitrogens with one attached hydrogen (secondary N) is 2. The van der Waals surface area contributed by atoms with Gasteiger partial charge in [0.05, 0.1) is 0 Å². The van der Waals surface area contributed by atoms with Crippen LogP contribution in [-0.2, 0) is 16.6 Å². The summed E-state index contributed by atoms with van der Waals surface area (Å²) in [4.78, 5) is -0.197. The number of rotatable bonds is 6. The summed E-state index contributed by atoms with van der Waals surface area (Å²) in [6, 6.07) is 0.346. The molecule has 2 N–H and O–H groups in total. The smallest absolute Gasteiger partial charge is 0.402 e. The minimum absolute atomic E-state index is 0.0924. The van der Waals surface area contributed by atoms with Gasteiger partial charge in [-0.05, 0) is 26.7 Å². The molecule has 2 rings (SSSR count). The Hall–Kier alpha value is -1.06. The lowest BCUT2D eigenvalue weighted by Gasteiger charge is -2.11. The largest absolute Gasteiger partial charge is 0.465 e. The zero-order chi connectivity index (χ0) is 15.8. The number of furan rings is 1. The van der Waals surface area contributed by atoms with Gasteiger partial charge >= 0.3 is 6.18 Å². The number of alkyl halides is 3. The van der Waals surface area contributed by atoms with E-state index >= 15 is 0 Å². The quantitative estimate of drug-likeness (QED) is 0.839. The Labute approximate surface area is 120 Å². The van der Waals surface area contributed by atoms with Crippen LogP contribution < -0.4 is 10.0 Å². The molecular formula is C12H17F3N2O3S. The van der Waals surface area contributed by atoms with Gasteiger partial charge in [-0.2, -0.15) is 13.2 Å². The van der Waals surface area contributed by atoms with E-state index in [0.29, 0.717) is 17.4 Å². The first-order chi connectivity index (χ1) is 9.60. The van der Waals surface area contributed by atoms with Crippen LogP contribution >= 0.6 is 0 Å². The minimum atomic E-state index is -4.60. The van der Waals surface area contributed by atoms with E-state index in [-0.39, 0.29) is 17.2 Å². The van der Waals surface area contributed by atoms with Crippen molar-refractivity contribution in [3.63, 3.8) is 0 Å². The molecule has 0 spiro atoms. The monoisotopic (exact) mass is 326 g/mol. The van der Waals surface area contributed by atoms with E-state index in [1.807, 2.05) is 0 Å². The first-order valence-corrected chi connectivity index (χ1v) is 7.97. The van der Waals surface area contributed by atoms with Crippen molar-refractivity contribution in [2.45, 2.75) is 50.3 Å². The standard InChI is InChI=1S/C12H17F3N2O3S/c1-7-10(5-16-9-3-4-9)11(8(2)20-7)21(18,19)17-6-12(13,14)15/h9,16-17H,3-6H2,1-2H3.